The Balaban J connectivity index is 4.14. The summed E-state index contributed by atoms with van der Waals surface area (Å²) < 4.78 is 63.8. The molecule has 0 atom stereocenters. The van der Waals surface area contributed by atoms with Gasteiger partial charge in [0.1, 0.15) is 7.14 Å². The second kappa shape index (κ2) is 13.8. The lowest BCUT2D eigenvalue weighted by molar-refractivity contribution is 0.219. The maximum Gasteiger partial charge on any atom is 0.361 e. The minimum Gasteiger partial charge on any atom is -0.396 e. The number of hydrogen-bond donors (Lipinski definition) is 2. The van der Waals surface area contributed by atoms with Crippen molar-refractivity contribution in [2.45, 2.75) is 54.6 Å². The van der Waals surface area contributed by atoms with Crippen molar-refractivity contribution in [1.82, 2.24) is 0 Å². The van der Waals surface area contributed by atoms with Gasteiger partial charge in [-0.3, -0.25) is 9.13 Å². The van der Waals surface area contributed by atoms with Crippen molar-refractivity contribution in [1.29, 1.82) is 0 Å². The van der Waals surface area contributed by atoms with Crippen molar-refractivity contribution < 1.29 is 42.0 Å². The van der Waals surface area contributed by atoms with Crippen molar-refractivity contribution in [3.63, 3.8) is 0 Å². The van der Waals surface area contributed by atoms with Crippen LogP contribution < -0.4 is 10.6 Å². The molecule has 9 nitrogen and oxygen atoms in total. The predicted octanol–water partition coefficient (Wildman–Crippen LogP) is 4.24. The first-order valence-corrected chi connectivity index (χ1v) is 17.0. The van der Waals surface area contributed by atoms with Gasteiger partial charge in [-0.25, -0.2) is 0 Å². The third kappa shape index (κ3) is 7.12. The van der Waals surface area contributed by atoms with Crippen LogP contribution in [-0.4, -0.2) is 62.2 Å². The first-order chi connectivity index (χ1) is 15.9. The van der Waals surface area contributed by atoms with E-state index in [1.54, 1.807) is 48.5 Å². The van der Waals surface area contributed by atoms with E-state index in [0.29, 0.717) is 27.6 Å². The molecular formula is C22H41O9P3. The monoisotopic (exact) mass is 542 g/mol. The molecule has 0 amide bonds. The third-order valence-electron chi connectivity index (χ3n) is 5.53. The largest absolute Gasteiger partial charge is 0.396 e. The fourth-order valence-corrected chi connectivity index (χ4v) is 11.2. The van der Waals surface area contributed by atoms with Gasteiger partial charge in [0.05, 0.1) is 51.1 Å². The van der Waals surface area contributed by atoms with E-state index in [9.17, 15) is 23.9 Å². The lowest BCUT2D eigenvalue weighted by atomic mass is 10.0. The molecule has 0 fully saturated rings. The van der Waals surface area contributed by atoms with Crippen LogP contribution in [0.5, 0.6) is 0 Å². The van der Waals surface area contributed by atoms with E-state index < -0.39 is 22.3 Å². The molecule has 1 rings (SSSR count). The van der Waals surface area contributed by atoms with Crippen LogP contribution in [0.15, 0.2) is 0 Å². The Morgan fingerprint density at radius 3 is 1.44 bits per heavy atom. The van der Waals surface area contributed by atoms with Crippen LogP contribution in [0, 0.1) is 20.8 Å². The van der Waals surface area contributed by atoms with E-state index in [2.05, 4.69) is 0 Å². The number of aliphatic hydroxyl groups excluding tert-OH is 2. The molecule has 0 aliphatic heterocycles. The molecule has 0 unspecified atom stereocenters. The van der Waals surface area contributed by atoms with E-state index in [1.807, 2.05) is 0 Å². The zero-order valence-corrected chi connectivity index (χ0v) is 24.1. The van der Waals surface area contributed by atoms with Crippen molar-refractivity contribution in [2.75, 3.05) is 52.0 Å². The van der Waals surface area contributed by atoms with Gasteiger partial charge in [0.15, 0.2) is 0 Å². The molecule has 34 heavy (non-hydrogen) atoms. The highest BCUT2D eigenvalue weighted by Gasteiger charge is 2.39. The summed E-state index contributed by atoms with van der Waals surface area (Å²) in [6.45, 7) is 11.9. The van der Waals surface area contributed by atoms with Gasteiger partial charge in [0.25, 0.3) is 0 Å². The van der Waals surface area contributed by atoms with Crippen LogP contribution in [0.1, 0.15) is 49.9 Å². The van der Waals surface area contributed by atoms with Gasteiger partial charge in [0, 0.05) is 17.6 Å². The van der Waals surface area contributed by atoms with Gasteiger partial charge >= 0.3 is 15.2 Å². The third-order valence-corrected chi connectivity index (χ3v) is 13.3. The van der Waals surface area contributed by atoms with Gasteiger partial charge in [-0.1, -0.05) is 0 Å². The number of benzene rings is 1. The normalized spacial score (nSPS) is 13.0. The van der Waals surface area contributed by atoms with Gasteiger partial charge in [-0.2, -0.15) is 0 Å². The van der Waals surface area contributed by atoms with Gasteiger partial charge < -0.3 is 32.9 Å². The standard InChI is InChI=1S/C22H41O9P3/c1-8-28-33(26,29-9-2)16-20-17(5)21(32(25,14-12-23)15-13-24)19(7)22(18(20)6)34(27,30-10-3)31-11-4/h23-24H,8-16H2,1-7H3. The number of hydrogen-bond acceptors (Lipinski definition) is 9. The molecule has 0 bridgehead atoms. The molecule has 0 spiro atoms. The first kappa shape index (κ1) is 31.7. The Kier molecular flexibility index (Phi) is 12.9. The summed E-state index contributed by atoms with van der Waals surface area (Å²) in [5.41, 5.74) is 2.12. The maximum absolute atomic E-state index is 14.1. The topological polar surface area (TPSA) is 129 Å². The predicted molar refractivity (Wildman–Crippen MR) is 137 cm³/mol. The Labute approximate surface area is 204 Å². The van der Waals surface area contributed by atoms with E-state index in [4.69, 9.17) is 18.1 Å². The lowest BCUT2D eigenvalue weighted by Crippen LogP contribution is -2.31. The fourth-order valence-electron chi connectivity index (χ4n) is 4.38. The Bertz CT molecular complexity index is 874. The fraction of sp³-hybridized carbons (Fsp3) is 0.727. The highest BCUT2D eigenvalue weighted by molar-refractivity contribution is 7.72. The van der Waals surface area contributed by atoms with Crippen LogP contribution in [0.2, 0.25) is 0 Å². The Hall–Kier alpha value is -0.330. The van der Waals surface area contributed by atoms with E-state index in [0.717, 1.165) is 0 Å². The summed E-state index contributed by atoms with van der Waals surface area (Å²) in [4.78, 5) is 0. The van der Waals surface area contributed by atoms with Gasteiger partial charge in [-0.05, 0) is 70.7 Å². The van der Waals surface area contributed by atoms with Crippen LogP contribution in [-0.2, 0) is 38.0 Å². The lowest BCUT2D eigenvalue weighted by Gasteiger charge is -2.30. The van der Waals surface area contributed by atoms with Gasteiger partial charge in [0.2, 0.25) is 0 Å². The molecule has 1 aromatic rings. The zero-order valence-electron chi connectivity index (χ0n) is 21.5. The molecule has 0 aromatic heterocycles. The smallest absolute Gasteiger partial charge is 0.361 e. The Morgan fingerprint density at radius 1 is 0.647 bits per heavy atom. The molecule has 0 saturated carbocycles. The summed E-state index contributed by atoms with van der Waals surface area (Å²) in [6.07, 6.45) is -0.234. The molecule has 198 valence electrons. The summed E-state index contributed by atoms with van der Waals surface area (Å²) >= 11 is 0. The summed E-state index contributed by atoms with van der Waals surface area (Å²) in [5, 5.41) is 20.0. The highest BCUT2D eigenvalue weighted by Crippen LogP contribution is 2.56. The van der Waals surface area contributed by atoms with Crippen LogP contribution in [0.3, 0.4) is 0 Å². The summed E-state index contributed by atoms with van der Waals surface area (Å²) in [6, 6.07) is 0. The number of aliphatic hydroxyl groups is 2. The molecular weight excluding hydrogens is 501 g/mol. The zero-order chi connectivity index (χ0) is 26.2. The Morgan fingerprint density at radius 2 is 1.06 bits per heavy atom. The minimum absolute atomic E-state index is 0.0562. The van der Waals surface area contributed by atoms with Crippen molar-refractivity contribution in [2.24, 2.45) is 0 Å². The van der Waals surface area contributed by atoms with E-state index in [-0.39, 0.29) is 63.4 Å². The quantitative estimate of drug-likeness (QED) is 0.295. The highest BCUT2D eigenvalue weighted by atomic mass is 31.2. The second-order valence-electron chi connectivity index (χ2n) is 7.77. The van der Waals surface area contributed by atoms with Crippen molar-refractivity contribution in [3.8, 4) is 0 Å². The van der Waals surface area contributed by atoms with Crippen molar-refractivity contribution in [3.05, 3.63) is 22.3 Å². The SMILES string of the molecule is CCOP(=O)(Cc1c(C)c(P(=O)(CCO)CCO)c(C)c(P(=O)(OCC)OCC)c1C)OCC. The van der Waals surface area contributed by atoms with Crippen LogP contribution in [0.4, 0.5) is 0 Å². The average Bonchev–Trinajstić information content (AvgIpc) is 2.72. The van der Waals surface area contributed by atoms with E-state index >= 15 is 0 Å². The average molecular weight is 542 g/mol. The molecule has 0 heterocycles. The first-order valence-electron chi connectivity index (χ1n) is 11.6. The second-order valence-corrected chi connectivity index (χ2v) is 14.9. The molecule has 2 N–H and O–H groups in total. The summed E-state index contributed by atoms with van der Waals surface area (Å²) in [5.74, 6) is 0. The number of rotatable bonds is 16. The van der Waals surface area contributed by atoms with Crippen molar-refractivity contribution >= 4 is 32.9 Å². The maximum atomic E-state index is 14.1. The molecule has 0 radical (unpaired) electrons. The molecule has 0 aliphatic rings. The minimum atomic E-state index is -3.84. The molecule has 12 heteroatoms. The van der Waals surface area contributed by atoms with Gasteiger partial charge in [-0.15, -0.1) is 0 Å². The van der Waals surface area contributed by atoms with Crippen LogP contribution in [0.25, 0.3) is 0 Å². The molecule has 0 aliphatic carbocycles. The van der Waals surface area contributed by atoms with Crippen LogP contribution >= 0.6 is 22.3 Å². The van der Waals surface area contributed by atoms with E-state index in [1.165, 1.54) is 0 Å². The summed E-state index contributed by atoms with van der Waals surface area (Å²) in [7, 11) is -10.7. The molecule has 1 aromatic carbocycles. The molecule has 0 saturated heterocycles.